The number of para-hydroxylation sites is 1. The number of nitrogens with zero attached hydrogens (tertiary/aromatic N) is 1. The van der Waals surface area contributed by atoms with E-state index >= 15 is 0 Å². The molecule has 5 heteroatoms. The molecule has 0 saturated carbocycles. The number of carbonyl (C=O) groups excluding carboxylic acids is 2. The average molecular weight is 393 g/mol. The smallest absolute Gasteiger partial charge is 0.290 e. The Bertz CT molecular complexity index is 917. The van der Waals surface area contributed by atoms with Crippen LogP contribution in [0.5, 0.6) is 5.75 Å². The number of hydrogen-bond donors (Lipinski definition) is 1. The molecule has 0 aliphatic carbocycles. The second-order valence-corrected chi connectivity index (χ2v) is 7.66. The molecule has 152 valence electrons. The fraction of sp³-hybridized carbons (Fsp3) is 0.333. The fourth-order valence-corrected chi connectivity index (χ4v) is 3.76. The zero-order valence-electron chi connectivity index (χ0n) is 17.1. The van der Waals surface area contributed by atoms with Gasteiger partial charge in [0, 0.05) is 18.5 Å². The largest absolute Gasteiger partial charge is 0.503 e. The molecule has 0 spiro atoms. The molecule has 3 rings (SSSR count). The molecule has 0 aromatic heterocycles. The summed E-state index contributed by atoms with van der Waals surface area (Å²) in [6.45, 7) is 4.27. The summed E-state index contributed by atoms with van der Waals surface area (Å²) in [5, 5.41) is 10.6. The van der Waals surface area contributed by atoms with E-state index in [0.29, 0.717) is 24.3 Å². The van der Waals surface area contributed by atoms with Gasteiger partial charge in [0.25, 0.3) is 5.91 Å². The summed E-state index contributed by atoms with van der Waals surface area (Å²) in [6, 6.07) is 16.5. The van der Waals surface area contributed by atoms with Crippen LogP contribution in [0, 0.1) is 5.92 Å². The van der Waals surface area contributed by atoms with Gasteiger partial charge in [0.2, 0.25) is 0 Å². The predicted octanol–water partition coefficient (Wildman–Crippen LogP) is 4.25. The number of benzene rings is 2. The molecule has 2 aromatic rings. The third kappa shape index (κ3) is 4.34. The molecule has 1 heterocycles. The third-order valence-corrected chi connectivity index (χ3v) is 5.12. The maximum absolute atomic E-state index is 13.0. The fourth-order valence-electron chi connectivity index (χ4n) is 3.76. The second kappa shape index (κ2) is 8.95. The number of ether oxygens (including phenoxy) is 1. The van der Waals surface area contributed by atoms with E-state index in [0.717, 1.165) is 5.56 Å². The van der Waals surface area contributed by atoms with Gasteiger partial charge in [-0.1, -0.05) is 62.4 Å². The lowest BCUT2D eigenvalue weighted by atomic mass is 9.91. The molecule has 1 amide bonds. The van der Waals surface area contributed by atoms with E-state index in [9.17, 15) is 14.7 Å². The molecule has 1 aliphatic rings. The van der Waals surface area contributed by atoms with Crippen LogP contribution in [0.2, 0.25) is 0 Å². The predicted molar refractivity (Wildman–Crippen MR) is 112 cm³/mol. The van der Waals surface area contributed by atoms with Gasteiger partial charge in [-0.3, -0.25) is 9.59 Å². The van der Waals surface area contributed by atoms with Crippen molar-refractivity contribution in [2.24, 2.45) is 5.92 Å². The molecule has 29 heavy (non-hydrogen) atoms. The highest BCUT2D eigenvalue weighted by atomic mass is 16.5. The minimum absolute atomic E-state index is 0.120. The van der Waals surface area contributed by atoms with Crippen molar-refractivity contribution in [1.29, 1.82) is 0 Å². The van der Waals surface area contributed by atoms with Crippen LogP contribution in [0.4, 0.5) is 0 Å². The summed E-state index contributed by atoms with van der Waals surface area (Å²) in [7, 11) is 1.56. The van der Waals surface area contributed by atoms with Crippen molar-refractivity contribution >= 4 is 11.7 Å². The van der Waals surface area contributed by atoms with Gasteiger partial charge in [-0.15, -0.1) is 0 Å². The van der Waals surface area contributed by atoms with Crippen LogP contribution in [-0.4, -0.2) is 35.4 Å². The Balaban J connectivity index is 2.00. The molecular formula is C24H27NO4. The molecule has 0 radical (unpaired) electrons. The van der Waals surface area contributed by atoms with Crippen LogP contribution >= 0.6 is 0 Å². The van der Waals surface area contributed by atoms with Gasteiger partial charge >= 0.3 is 0 Å². The Hall–Kier alpha value is -3.08. The lowest BCUT2D eigenvalue weighted by Crippen LogP contribution is -2.33. The summed E-state index contributed by atoms with van der Waals surface area (Å²) < 4.78 is 5.50. The van der Waals surface area contributed by atoms with Crippen LogP contribution in [0.1, 0.15) is 37.4 Å². The lowest BCUT2D eigenvalue weighted by Gasteiger charge is -2.28. The summed E-state index contributed by atoms with van der Waals surface area (Å²) in [5.41, 5.74) is 1.95. The average Bonchev–Trinajstić information content (AvgIpc) is 2.97. The molecule has 1 unspecified atom stereocenters. The number of ketones is 1. The quantitative estimate of drug-likeness (QED) is 0.728. The molecule has 5 nitrogen and oxygen atoms in total. The molecule has 1 atom stereocenters. The monoisotopic (exact) mass is 393 g/mol. The first-order chi connectivity index (χ1) is 13.9. The number of Topliss-reactive ketones (excluding diaryl/α,β-unsaturated/α-hetero) is 1. The van der Waals surface area contributed by atoms with Crippen LogP contribution in [0.3, 0.4) is 0 Å². The molecule has 1 N–H and O–H groups in total. The zero-order chi connectivity index (χ0) is 21.0. The summed E-state index contributed by atoms with van der Waals surface area (Å²) in [4.78, 5) is 27.5. The highest BCUT2D eigenvalue weighted by molar-refractivity contribution is 6.09. The Kier molecular flexibility index (Phi) is 6.37. The van der Waals surface area contributed by atoms with E-state index in [2.05, 4.69) is 0 Å². The Morgan fingerprint density at radius 2 is 1.76 bits per heavy atom. The third-order valence-electron chi connectivity index (χ3n) is 5.12. The van der Waals surface area contributed by atoms with Crippen molar-refractivity contribution < 1.29 is 19.4 Å². The highest BCUT2D eigenvalue weighted by Crippen LogP contribution is 2.42. The van der Waals surface area contributed by atoms with E-state index in [1.807, 2.05) is 62.4 Å². The standard InChI is InChI=1S/C24H27NO4/c1-16(2)15-19(26)21-22(18-11-7-8-12-20(18)29-3)25(24(28)23(21)27)14-13-17-9-5-4-6-10-17/h4-12,16,22,27H,13-15H2,1-3H3. The number of aliphatic hydroxyl groups excluding tert-OH is 1. The summed E-state index contributed by atoms with van der Waals surface area (Å²) in [5.74, 6) is -0.457. The van der Waals surface area contributed by atoms with Crippen molar-refractivity contribution in [2.45, 2.75) is 32.7 Å². The number of hydrogen-bond acceptors (Lipinski definition) is 4. The van der Waals surface area contributed by atoms with Gasteiger partial charge in [-0.05, 0) is 24.0 Å². The lowest BCUT2D eigenvalue weighted by molar-refractivity contribution is -0.129. The van der Waals surface area contributed by atoms with Crippen LogP contribution in [0.25, 0.3) is 0 Å². The van der Waals surface area contributed by atoms with Gasteiger partial charge in [-0.25, -0.2) is 0 Å². The number of carbonyl (C=O) groups is 2. The van der Waals surface area contributed by atoms with Crippen molar-refractivity contribution in [3.63, 3.8) is 0 Å². The highest BCUT2D eigenvalue weighted by Gasteiger charge is 2.44. The van der Waals surface area contributed by atoms with Gasteiger partial charge in [0.15, 0.2) is 11.5 Å². The molecule has 0 saturated heterocycles. The van der Waals surface area contributed by atoms with Crippen molar-refractivity contribution in [3.8, 4) is 5.75 Å². The first kappa shape index (κ1) is 20.6. The Labute approximate surface area is 171 Å². The van der Waals surface area contributed by atoms with Crippen molar-refractivity contribution in [2.75, 3.05) is 13.7 Å². The van der Waals surface area contributed by atoms with Gasteiger partial charge in [0.1, 0.15) is 5.75 Å². The number of aliphatic hydroxyl groups is 1. The molecule has 2 aromatic carbocycles. The van der Waals surface area contributed by atoms with E-state index in [-0.39, 0.29) is 23.7 Å². The zero-order valence-corrected chi connectivity index (χ0v) is 17.1. The minimum atomic E-state index is -0.659. The SMILES string of the molecule is COc1ccccc1C1C(C(=O)CC(C)C)=C(O)C(=O)N1CCc1ccccc1. The Morgan fingerprint density at radius 1 is 1.10 bits per heavy atom. The van der Waals surface area contributed by atoms with E-state index in [1.54, 1.807) is 18.1 Å². The van der Waals surface area contributed by atoms with Crippen molar-refractivity contribution in [1.82, 2.24) is 4.90 Å². The molecule has 0 bridgehead atoms. The maximum atomic E-state index is 13.0. The topological polar surface area (TPSA) is 66.8 Å². The van der Waals surface area contributed by atoms with Crippen molar-refractivity contribution in [3.05, 3.63) is 77.1 Å². The maximum Gasteiger partial charge on any atom is 0.290 e. The van der Waals surface area contributed by atoms with E-state index < -0.39 is 17.7 Å². The number of methoxy groups -OCH3 is 1. The van der Waals surface area contributed by atoms with Gasteiger partial charge in [-0.2, -0.15) is 0 Å². The number of rotatable bonds is 8. The summed E-state index contributed by atoms with van der Waals surface area (Å²) in [6.07, 6.45) is 0.891. The summed E-state index contributed by atoms with van der Waals surface area (Å²) >= 11 is 0. The molecule has 0 fully saturated rings. The van der Waals surface area contributed by atoms with Gasteiger partial charge < -0.3 is 14.7 Å². The number of amides is 1. The first-order valence-corrected chi connectivity index (χ1v) is 9.88. The van der Waals surface area contributed by atoms with Crippen LogP contribution in [-0.2, 0) is 16.0 Å². The van der Waals surface area contributed by atoms with Gasteiger partial charge in [0.05, 0.1) is 18.7 Å². The normalized spacial score (nSPS) is 16.6. The molecule has 1 aliphatic heterocycles. The van der Waals surface area contributed by atoms with Crippen LogP contribution < -0.4 is 4.74 Å². The molecular weight excluding hydrogens is 366 g/mol. The Morgan fingerprint density at radius 3 is 2.41 bits per heavy atom. The second-order valence-electron chi connectivity index (χ2n) is 7.66. The van der Waals surface area contributed by atoms with E-state index in [1.165, 1.54) is 0 Å². The first-order valence-electron chi connectivity index (χ1n) is 9.88. The van der Waals surface area contributed by atoms with Crippen LogP contribution in [0.15, 0.2) is 65.9 Å². The van der Waals surface area contributed by atoms with E-state index in [4.69, 9.17) is 4.74 Å². The minimum Gasteiger partial charge on any atom is -0.503 e.